The molecule has 1 aromatic carbocycles. The first-order chi connectivity index (χ1) is 23.0. The van der Waals surface area contributed by atoms with Gasteiger partial charge in [0.15, 0.2) is 0 Å². The Hall–Kier alpha value is -2.18. The number of carbonyl (C=O) groups is 2. The SMILES string of the molecule is CCCCCCCCCCCCCCCCCC(=O)NC(CCC(=O)O)c1cccc2c1CC[C@H](N(CCC)CCc1cccs1)C2. The van der Waals surface area contributed by atoms with Crippen LogP contribution in [0.3, 0.4) is 0 Å². The van der Waals surface area contributed by atoms with Gasteiger partial charge >= 0.3 is 5.97 Å². The number of carboxylic acid groups (broad SMARTS) is 1. The molecule has 47 heavy (non-hydrogen) atoms. The lowest BCUT2D eigenvalue weighted by molar-refractivity contribution is -0.137. The molecular weight excluding hydrogens is 601 g/mol. The molecule has 6 heteroatoms. The van der Waals surface area contributed by atoms with Gasteiger partial charge in [-0.1, -0.05) is 128 Å². The van der Waals surface area contributed by atoms with E-state index in [2.05, 4.69) is 59.8 Å². The average Bonchev–Trinajstić information content (AvgIpc) is 3.60. The summed E-state index contributed by atoms with van der Waals surface area (Å²) >= 11 is 1.85. The van der Waals surface area contributed by atoms with Crippen LogP contribution in [-0.4, -0.2) is 41.0 Å². The van der Waals surface area contributed by atoms with E-state index in [-0.39, 0.29) is 18.4 Å². The number of carboxylic acids is 1. The van der Waals surface area contributed by atoms with Gasteiger partial charge < -0.3 is 10.4 Å². The van der Waals surface area contributed by atoms with Crippen molar-refractivity contribution in [3.63, 3.8) is 0 Å². The normalized spacial score (nSPS) is 15.1. The molecule has 1 amide bonds. The second kappa shape index (κ2) is 24.0. The fourth-order valence-corrected chi connectivity index (χ4v) is 8.12. The average molecular weight is 667 g/mol. The number of hydrogen-bond donors (Lipinski definition) is 2. The van der Waals surface area contributed by atoms with Crippen LogP contribution in [0, 0.1) is 0 Å². The Morgan fingerprint density at radius 3 is 2.09 bits per heavy atom. The number of aliphatic carboxylic acids is 1. The first kappa shape index (κ1) is 39.3. The summed E-state index contributed by atoms with van der Waals surface area (Å²) in [6.07, 6.45) is 26.0. The number of fused-ring (bicyclic) bond motifs is 1. The molecule has 0 saturated heterocycles. The summed E-state index contributed by atoms with van der Waals surface area (Å²) in [6, 6.07) is 11.1. The van der Waals surface area contributed by atoms with Gasteiger partial charge in [-0.25, -0.2) is 0 Å². The number of nitrogens with zero attached hydrogens (tertiary/aromatic N) is 1. The maximum Gasteiger partial charge on any atom is 0.303 e. The number of benzene rings is 1. The molecule has 5 nitrogen and oxygen atoms in total. The highest BCUT2D eigenvalue weighted by Gasteiger charge is 2.28. The maximum atomic E-state index is 13.1. The second-order valence-electron chi connectivity index (χ2n) is 14.0. The number of hydrogen-bond acceptors (Lipinski definition) is 4. The van der Waals surface area contributed by atoms with Gasteiger partial charge in [-0.2, -0.15) is 0 Å². The molecule has 0 bridgehead atoms. The van der Waals surface area contributed by atoms with Crippen LogP contribution >= 0.6 is 11.3 Å². The van der Waals surface area contributed by atoms with Crippen molar-refractivity contribution in [1.29, 1.82) is 0 Å². The maximum absolute atomic E-state index is 13.1. The Labute approximate surface area is 291 Å². The highest BCUT2D eigenvalue weighted by molar-refractivity contribution is 7.09. The van der Waals surface area contributed by atoms with Crippen LogP contribution in [0.25, 0.3) is 0 Å². The number of rotatable bonds is 27. The fraction of sp³-hybridized carbons (Fsp3) is 0.707. The molecule has 0 fully saturated rings. The molecule has 2 atom stereocenters. The van der Waals surface area contributed by atoms with E-state index in [4.69, 9.17) is 0 Å². The van der Waals surface area contributed by atoms with Gasteiger partial charge in [0.2, 0.25) is 5.91 Å². The van der Waals surface area contributed by atoms with E-state index in [0.29, 0.717) is 18.9 Å². The third kappa shape index (κ3) is 15.7. The molecule has 3 rings (SSSR count). The van der Waals surface area contributed by atoms with Gasteiger partial charge in [0.05, 0.1) is 6.04 Å². The van der Waals surface area contributed by atoms with Crippen molar-refractivity contribution in [2.24, 2.45) is 0 Å². The molecule has 2 aromatic rings. The van der Waals surface area contributed by atoms with E-state index in [0.717, 1.165) is 63.6 Å². The molecule has 264 valence electrons. The van der Waals surface area contributed by atoms with Crippen molar-refractivity contribution in [2.75, 3.05) is 13.1 Å². The molecule has 1 aliphatic rings. The summed E-state index contributed by atoms with van der Waals surface area (Å²) < 4.78 is 0. The smallest absolute Gasteiger partial charge is 0.303 e. The van der Waals surface area contributed by atoms with E-state index in [9.17, 15) is 14.7 Å². The zero-order valence-electron chi connectivity index (χ0n) is 29.9. The molecular formula is C41H66N2O3S. The summed E-state index contributed by atoms with van der Waals surface area (Å²) in [4.78, 5) is 28.8. The highest BCUT2D eigenvalue weighted by atomic mass is 32.1. The first-order valence-electron chi connectivity index (χ1n) is 19.4. The van der Waals surface area contributed by atoms with Crippen molar-refractivity contribution < 1.29 is 14.7 Å². The molecule has 1 aromatic heterocycles. The van der Waals surface area contributed by atoms with Crippen LogP contribution in [0.4, 0.5) is 0 Å². The van der Waals surface area contributed by atoms with Crippen LogP contribution in [0.1, 0.15) is 170 Å². The first-order valence-corrected chi connectivity index (χ1v) is 20.3. The van der Waals surface area contributed by atoms with Crippen LogP contribution in [0.5, 0.6) is 0 Å². The van der Waals surface area contributed by atoms with E-state index >= 15 is 0 Å². The third-order valence-electron chi connectivity index (χ3n) is 10.1. The second-order valence-corrected chi connectivity index (χ2v) is 15.0. The molecule has 2 N–H and O–H groups in total. The van der Waals surface area contributed by atoms with Gasteiger partial charge in [0.1, 0.15) is 0 Å². The van der Waals surface area contributed by atoms with Crippen molar-refractivity contribution >= 4 is 23.2 Å². The number of unbranched alkanes of at least 4 members (excludes halogenated alkanes) is 14. The lowest BCUT2D eigenvalue weighted by Gasteiger charge is -2.36. The number of carbonyl (C=O) groups excluding carboxylic acids is 1. The molecule has 1 aliphatic carbocycles. The minimum absolute atomic E-state index is 0.0587. The van der Waals surface area contributed by atoms with Crippen LogP contribution < -0.4 is 5.32 Å². The number of nitrogens with one attached hydrogen (secondary N) is 1. The zero-order chi connectivity index (χ0) is 33.5. The summed E-state index contributed by atoms with van der Waals surface area (Å²) in [6.45, 7) is 6.74. The minimum atomic E-state index is -0.808. The third-order valence-corrected chi connectivity index (χ3v) is 11.0. The van der Waals surface area contributed by atoms with Crippen LogP contribution in [0.15, 0.2) is 35.7 Å². The Kier molecular flexibility index (Phi) is 20.1. The minimum Gasteiger partial charge on any atom is -0.481 e. The van der Waals surface area contributed by atoms with E-state index in [1.54, 1.807) is 0 Å². The highest BCUT2D eigenvalue weighted by Crippen LogP contribution is 2.32. The molecule has 1 heterocycles. The van der Waals surface area contributed by atoms with E-state index in [1.807, 2.05) is 11.3 Å². The van der Waals surface area contributed by atoms with E-state index < -0.39 is 5.97 Å². The largest absolute Gasteiger partial charge is 0.481 e. The monoisotopic (exact) mass is 666 g/mol. The van der Waals surface area contributed by atoms with Crippen LogP contribution in [-0.2, 0) is 28.9 Å². The van der Waals surface area contributed by atoms with Crippen LogP contribution in [0.2, 0.25) is 0 Å². The van der Waals surface area contributed by atoms with Crippen molar-refractivity contribution in [1.82, 2.24) is 10.2 Å². The Bertz CT molecular complexity index is 1120. The molecule has 1 unspecified atom stereocenters. The van der Waals surface area contributed by atoms with Crippen molar-refractivity contribution in [3.8, 4) is 0 Å². The molecule has 0 aliphatic heterocycles. The quantitative estimate of drug-likeness (QED) is 0.0931. The number of amides is 1. The lowest BCUT2D eigenvalue weighted by Crippen LogP contribution is -2.41. The van der Waals surface area contributed by atoms with Gasteiger partial charge in [-0.15, -0.1) is 11.3 Å². The summed E-state index contributed by atoms with van der Waals surface area (Å²) in [5, 5.41) is 14.9. The Morgan fingerprint density at radius 1 is 0.830 bits per heavy atom. The van der Waals surface area contributed by atoms with Crippen molar-refractivity contribution in [3.05, 3.63) is 57.3 Å². The Balaban J connectivity index is 1.41. The zero-order valence-corrected chi connectivity index (χ0v) is 30.7. The van der Waals surface area contributed by atoms with Gasteiger partial charge in [0, 0.05) is 30.3 Å². The van der Waals surface area contributed by atoms with Gasteiger partial charge in [-0.3, -0.25) is 14.5 Å². The molecule has 0 spiro atoms. The summed E-state index contributed by atoms with van der Waals surface area (Å²) in [5.41, 5.74) is 3.83. The lowest BCUT2D eigenvalue weighted by atomic mass is 9.82. The molecule has 0 saturated carbocycles. The predicted octanol–water partition coefficient (Wildman–Crippen LogP) is 10.8. The van der Waals surface area contributed by atoms with Gasteiger partial charge in [0.25, 0.3) is 0 Å². The summed E-state index contributed by atoms with van der Waals surface area (Å²) in [7, 11) is 0. The Morgan fingerprint density at radius 2 is 1.49 bits per heavy atom. The predicted molar refractivity (Wildman–Crippen MR) is 199 cm³/mol. The van der Waals surface area contributed by atoms with Gasteiger partial charge in [-0.05, 0) is 79.6 Å². The fourth-order valence-electron chi connectivity index (χ4n) is 7.43. The van der Waals surface area contributed by atoms with E-state index in [1.165, 1.54) is 99.5 Å². The van der Waals surface area contributed by atoms with Crippen molar-refractivity contribution in [2.45, 2.75) is 174 Å². The topological polar surface area (TPSA) is 69.6 Å². The standard InChI is InChI=1S/C41H66N2O3S/c1-3-5-6-7-8-9-10-11-12-13-14-15-16-17-18-24-40(44)42-39(27-28-41(45)46)38-23-19-21-34-33-35(25-26-37(34)38)43(30-4-2)31-29-36-22-20-32-47-36/h19-23,32,35,39H,3-18,24-31,33H2,1-2H3,(H,42,44)(H,45,46)/t35-,39?/m0/s1. The molecule has 0 radical (unpaired) electrons. The number of thiophene rings is 1. The summed E-state index contributed by atoms with van der Waals surface area (Å²) in [5.74, 6) is -0.749.